The molecule has 1 saturated carbocycles. The van der Waals surface area contributed by atoms with E-state index in [1.165, 1.54) is 6.33 Å². The summed E-state index contributed by atoms with van der Waals surface area (Å²) in [6.45, 7) is 0.578. The van der Waals surface area contributed by atoms with Gasteiger partial charge in [-0.3, -0.25) is 9.59 Å². The van der Waals surface area contributed by atoms with E-state index in [1.807, 2.05) is 24.3 Å². The van der Waals surface area contributed by atoms with Crippen molar-refractivity contribution in [3.8, 4) is 0 Å². The summed E-state index contributed by atoms with van der Waals surface area (Å²) in [4.78, 5) is 27.5. The lowest BCUT2D eigenvalue weighted by Crippen LogP contribution is -2.30. The summed E-state index contributed by atoms with van der Waals surface area (Å²) >= 11 is 0. The zero-order chi connectivity index (χ0) is 16.9. The molecule has 1 aromatic carbocycles. The molecule has 0 saturated heterocycles. The van der Waals surface area contributed by atoms with Crippen molar-refractivity contribution in [2.75, 3.05) is 5.32 Å². The van der Waals surface area contributed by atoms with E-state index in [0.29, 0.717) is 19.4 Å². The molecular formula is C17H20N4O3. The Labute approximate surface area is 139 Å². The number of carboxylic acids is 1. The largest absolute Gasteiger partial charge is 0.481 e. The minimum atomic E-state index is -0.803. The molecule has 7 nitrogen and oxygen atoms in total. The van der Waals surface area contributed by atoms with Crippen molar-refractivity contribution in [3.05, 3.63) is 42.5 Å². The van der Waals surface area contributed by atoms with Crippen molar-refractivity contribution >= 4 is 17.6 Å². The topological polar surface area (TPSA) is 97.1 Å². The molecule has 1 amide bonds. The molecule has 2 atom stereocenters. The lowest BCUT2D eigenvalue weighted by atomic mass is 9.81. The lowest BCUT2D eigenvalue weighted by Gasteiger charge is -2.25. The van der Waals surface area contributed by atoms with Gasteiger partial charge in [0.1, 0.15) is 12.7 Å². The highest BCUT2D eigenvalue weighted by molar-refractivity contribution is 5.93. The van der Waals surface area contributed by atoms with Crippen LogP contribution < -0.4 is 5.32 Å². The summed E-state index contributed by atoms with van der Waals surface area (Å²) in [5.74, 6) is -1.55. The van der Waals surface area contributed by atoms with E-state index in [1.54, 1.807) is 11.0 Å². The van der Waals surface area contributed by atoms with Crippen LogP contribution in [0.1, 0.15) is 31.2 Å². The highest BCUT2D eigenvalue weighted by atomic mass is 16.4. The normalized spacial score (nSPS) is 20.5. The maximum atomic E-state index is 12.4. The van der Waals surface area contributed by atoms with Gasteiger partial charge >= 0.3 is 5.97 Å². The first-order valence-corrected chi connectivity index (χ1v) is 8.07. The molecular weight excluding hydrogens is 308 g/mol. The van der Waals surface area contributed by atoms with Gasteiger partial charge in [-0.1, -0.05) is 18.6 Å². The molecule has 2 unspecified atom stereocenters. The summed E-state index contributed by atoms with van der Waals surface area (Å²) in [7, 11) is 0. The Morgan fingerprint density at radius 3 is 2.88 bits per heavy atom. The van der Waals surface area contributed by atoms with Gasteiger partial charge in [-0.15, -0.1) is 0 Å². The van der Waals surface area contributed by atoms with Crippen molar-refractivity contribution in [2.24, 2.45) is 11.8 Å². The van der Waals surface area contributed by atoms with Crippen LogP contribution in [0.4, 0.5) is 5.69 Å². The van der Waals surface area contributed by atoms with Crippen molar-refractivity contribution in [3.63, 3.8) is 0 Å². The standard InChI is InChI=1S/C17H20N4O3/c22-16(13-4-2-5-14(8-13)17(23)24)20-15-6-1-3-12(7-15)9-21-11-18-10-19-21/h1,3,6-7,10-11,13-14H,2,4-5,8-9H2,(H,20,22)(H,23,24). The quantitative estimate of drug-likeness (QED) is 0.876. The predicted molar refractivity (Wildman–Crippen MR) is 87.3 cm³/mol. The van der Waals surface area contributed by atoms with Gasteiger partial charge in [-0.05, 0) is 37.0 Å². The monoisotopic (exact) mass is 328 g/mol. The molecule has 24 heavy (non-hydrogen) atoms. The Balaban J connectivity index is 1.63. The first-order valence-electron chi connectivity index (χ1n) is 8.07. The fraction of sp³-hybridized carbons (Fsp3) is 0.412. The third-order valence-electron chi connectivity index (χ3n) is 4.40. The second-order valence-electron chi connectivity index (χ2n) is 6.18. The van der Waals surface area contributed by atoms with Crippen LogP contribution in [0.2, 0.25) is 0 Å². The van der Waals surface area contributed by atoms with E-state index in [0.717, 1.165) is 24.1 Å². The number of nitrogens with zero attached hydrogens (tertiary/aromatic N) is 3. The minimum Gasteiger partial charge on any atom is -0.481 e. The maximum Gasteiger partial charge on any atom is 0.306 e. The molecule has 1 aliphatic rings. The second-order valence-corrected chi connectivity index (χ2v) is 6.18. The van der Waals surface area contributed by atoms with Crippen LogP contribution in [0.3, 0.4) is 0 Å². The molecule has 1 aromatic heterocycles. The number of nitrogens with one attached hydrogen (secondary N) is 1. The zero-order valence-electron chi connectivity index (χ0n) is 13.3. The number of aromatic nitrogens is 3. The second kappa shape index (κ2) is 7.25. The molecule has 126 valence electrons. The molecule has 7 heteroatoms. The number of carboxylic acid groups (broad SMARTS) is 1. The molecule has 1 fully saturated rings. The van der Waals surface area contributed by atoms with Crippen molar-refractivity contribution in [1.29, 1.82) is 0 Å². The van der Waals surface area contributed by atoms with Crippen LogP contribution >= 0.6 is 0 Å². The Morgan fingerprint density at radius 1 is 1.29 bits per heavy atom. The first-order chi connectivity index (χ1) is 11.6. The highest BCUT2D eigenvalue weighted by Gasteiger charge is 2.31. The molecule has 0 bridgehead atoms. The summed E-state index contributed by atoms with van der Waals surface area (Å²) in [5.41, 5.74) is 1.72. The SMILES string of the molecule is O=C(O)C1CCCC(C(=O)Nc2cccc(Cn3cncn3)c2)C1. The fourth-order valence-electron chi connectivity index (χ4n) is 3.15. The average molecular weight is 328 g/mol. The third kappa shape index (κ3) is 3.98. The van der Waals surface area contributed by atoms with Crippen molar-refractivity contribution < 1.29 is 14.7 Å². The van der Waals surface area contributed by atoms with E-state index >= 15 is 0 Å². The zero-order valence-corrected chi connectivity index (χ0v) is 13.3. The van der Waals surface area contributed by atoms with Gasteiger partial charge in [0.15, 0.2) is 0 Å². The summed E-state index contributed by atoms with van der Waals surface area (Å²) < 4.78 is 1.71. The molecule has 1 heterocycles. The number of hydrogen-bond donors (Lipinski definition) is 2. The van der Waals surface area contributed by atoms with E-state index in [-0.39, 0.29) is 11.8 Å². The van der Waals surface area contributed by atoms with Gasteiger partial charge in [0.05, 0.1) is 12.5 Å². The van der Waals surface area contributed by atoms with Crippen LogP contribution in [-0.2, 0) is 16.1 Å². The Morgan fingerprint density at radius 2 is 2.12 bits per heavy atom. The van der Waals surface area contributed by atoms with E-state index in [2.05, 4.69) is 15.4 Å². The summed E-state index contributed by atoms with van der Waals surface area (Å²) in [5, 5.41) is 16.1. The van der Waals surface area contributed by atoms with Gasteiger partial charge in [-0.2, -0.15) is 5.10 Å². The van der Waals surface area contributed by atoms with Crippen LogP contribution in [0.5, 0.6) is 0 Å². The number of anilines is 1. The summed E-state index contributed by atoms with van der Waals surface area (Å²) in [6, 6.07) is 7.57. The van der Waals surface area contributed by atoms with Crippen molar-refractivity contribution in [1.82, 2.24) is 14.8 Å². The Kier molecular flexibility index (Phi) is 4.88. The number of hydrogen-bond acceptors (Lipinski definition) is 4. The highest BCUT2D eigenvalue weighted by Crippen LogP contribution is 2.30. The molecule has 0 spiro atoms. The summed E-state index contributed by atoms with van der Waals surface area (Å²) in [6.07, 6.45) is 5.72. The molecule has 0 radical (unpaired) electrons. The first kappa shape index (κ1) is 16.2. The number of aliphatic carboxylic acids is 1. The van der Waals surface area contributed by atoms with Crippen molar-refractivity contribution in [2.45, 2.75) is 32.2 Å². The number of amides is 1. The van der Waals surface area contributed by atoms with Gasteiger partial charge < -0.3 is 10.4 Å². The number of carbonyl (C=O) groups excluding carboxylic acids is 1. The molecule has 3 rings (SSSR count). The minimum absolute atomic E-state index is 0.0983. The van der Waals surface area contributed by atoms with E-state index < -0.39 is 11.9 Å². The van der Waals surface area contributed by atoms with Gasteiger partial charge in [0.2, 0.25) is 5.91 Å². The van der Waals surface area contributed by atoms with Crippen LogP contribution in [0, 0.1) is 11.8 Å². The predicted octanol–water partition coefficient (Wildman–Crippen LogP) is 2.16. The van der Waals surface area contributed by atoms with Crippen LogP contribution in [0.25, 0.3) is 0 Å². The number of carbonyl (C=O) groups is 2. The lowest BCUT2D eigenvalue weighted by molar-refractivity contribution is -0.143. The Hall–Kier alpha value is -2.70. The van der Waals surface area contributed by atoms with E-state index in [9.17, 15) is 9.59 Å². The molecule has 1 aliphatic carbocycles. The van der Waals surface area contributed by atoms with Gasteiger partial charge in [0, 0.05) is 11.6 Å². The fourth-order valence-corrected chi connectivity index (χ4v) is 3.15. The smallest absolute Gasteiger partial charge is 0.306 e. The van der Waals surface area contributed by atoms with Gasteiger partial charge in [0.25, 0.3) is 0 Å². The number of benzene rings is 1. The number of rotatable bonds is 5. The van der Waals surface area contributed by atoms with E-state index in [4.69, 9.17) is 5.11 Å². The van der Waals surface area contributed by atoms with Crippen LogP contribution in [-0.4, -0.2) is 31.7 Å². The molecule has 0 aliphatic heterocycles. The van der Waals surface area contributed by atoms with Crippen LogP contribution in [0.15, 0.2) is 36.9 Å². The van der Waals surface area contributed by atoms with Gasteiger partial charge in [-0.25, -0.2) is 9.67 Å². The Bertz CT molecular complexity index is 714. The average Bonchev–Trinajstić information content (AvgIpc) is 3.08. The third-order valence-corrected chi connectivity index (χ3v) is 4.40. The maximum absolute atomic E-state index is 12.4. The molecule has 2 aromatic rings. The molecule has 2 N–H and O–H groups in total.